The first-order chi connectivity index (χ1) is 8.60. The largest absolute Gasteiger partial charge is 0.295 e. The quantitative estimate of drug-likeness (QED) is 0.808. The molecule has 0 heterocycles. The van der Waals surface area contributed by atoms with Crippen LogP contribution < -0.4 is 0 Å². The molecule has 2 rings (SSSR count). The molecule has 1 radical (unpaired) electrons. The molecular formula is C10H7O7S2. The van der Waals surface area contributed by atoms with Gasteiger partial charge in [0.1, 0.15) is 9.79 Å². The topological polar surface area (TPSA) is 129 Å². The summed E-state index contributed by atoms with van der Waals surface area (Å²) >= 11 is 0. The van der Waals surface area contributed by atoms with Gasteiger partial charge in [-0.05, 0) is 12.1 Å². The maximum absolute atomic E-state index is 11.4. The zero-order chi connectivity index (χ0) is 14.4. The first-order valence-electron chi connectivity index (χ1n) is 4.79. The summed E-state index contributed by atoms with van der Waals surface area (Å²) in [5.74, 6) is -0.809. The van der Waals surface area contributed by atoms with E-state index >= 15 is 0 Å². The molecule has 0 bridgehead atoms. The second kappa shape index (κ2) is 4.17. The minimum absolute atomic E-state index is 0.169. The van der Waals surface area contributed by atoms with Crippen molar-refractivity contribution in [3.63, 3.8) is 0 Å². The Balaban J connectivity index is 3.07. The third-order valence-corrected chi connectivity index (χ3v) is 4.25. The van der Waals surface area contributed by atoms with Gasteiger partial charge in [-0.25, -0.2) is 0 Å². The SMILES string of the molecule is [O]c1cc(S(=O)(=O)O)c2cccc(S(=O)(=O)O)c2c1. The Labute approximate surface area is 108 Å². The van der Waals surface area contributed by atoms with Crippen LogP contribution in [0.1, 0.15) is 0 Å². The van der Waals surface area contributed by atoms with E-state index in [0.717, 1.165) is 12.1 Å². The van der Waals surface area contributed by atoms with E-state index in [2.05, 4.69) is 0 Å². The van der Waals surface area contributed by atoms with Crippen LogP contribution >= 0.6 is 0 Å². The fourth-order valence-electron chi connectivity index (χ4n) is 1.74. The van der Waals surface area contributed by atoms with Gasteiger partial charge in [-0.2, -0.15) is 16.8 Å². The molecule has 9 heteroatoms. The molecule has 101 valence electrons. The highest BCUT2D eigenvalue weighted by Crippen LogP contribution is 2.32. The summed E-state index contributed by atoms with van der Waals surface area (Å²) in [5.41, 5.74) is 0. The van der Waals surface area contributed by atoms with Crippen molar-refractivity contribution in [3.8, 4) is 5.75 Å². The predicted octanol–water partition coefficient (Wildman–Crippen LogP) is 1.48. The first-order valence-corrected chi connectivity index (χ1v) is 7.67. The minimum atomic E-state index is -4.69. The van der Waals surface area contributed by atoms with Crippen LogP contribution in [0.25, 0.3) is 10.8 Å². The van der Waals surface area contributed by atoms with E-state index in [1.807, 2.05) is 0 Å². The number of fused-ring (bicyclic) bond motifs is 1. The Morgan fingerprint density at radius 2 is 1.37 bits per heavy atom. The van der Waals surface area contributed by atoms with Crippen LogP contribution in [0.15, 0.2) is 40.1 Å². The normalized spacial score (nSPS) is 12.7. The summed E-state index contributed by atoms with van der Waals surface area (Å²) in [6.07, 6.45) is 0. The summed E-state index contributed by atoms with van der Waals surface area (Å²) in [5, 5.41) is 10.9. The number of hydrogen-bond donors (Lipinski definition) is 2. The summed E-state index contributed by atoms with van der Waals surface area (Å²) < 4.78 is 62.7. The Morgan fingerprint density at radius 3 is 1.89 bits per heavy atom. The van der Waals surface area contributed by atoms with Crippen molar-refractivity contribution in [2.75, 3.05) is 0 Å². The van der Waals surface area contributed by atoms with Crippen LogP contribution in [0.5, 0.6) is 5.75 Å². The molecule has 0 saturated heterocycles. The highest BCUT2D eigenvalue weighted by molar-refractivity contribution is 7.86. The Morgan fingerprint density at radius 1 is 0.789 bits per heavy atom. The second-order valence-electron chi connectivity index (χ2n) is 3.72. The van der Waals surface area contributed by atoms with Crippen LogP contribution in [-0.2, 0) is 25.3 Å². The monoisotopic (exact) mass is 303 g/mol. The van der Waals surface area contributed by atoms with Crippen molar-refractivity contribution in [2.24, 2.45) is 0 Å². The average molecular weight is 303 g/mol. The maximum atomic E-state index is 11.4. The molecule has 0 aliphatic rings. The zero-order valence-corrected chi connectivity index (χ0v) is 10.8. The van der Waals surface area contributed by atoms with E-state index in [0.29, 0.717) is 6.07 Å². The van der Waals surface area contributed by atoms with E-state index < -0.39 is 35.8 Å². The lowest BCUT2D eigenvalue weighted by Gasteiger charge is -2.07. The first kappa shape index (κ1) is 13.7. The van der Waals surface area contributed by atoms with Crippen LogP contribution in [0, 0.1) is 0 Å². The van der Waals surface area contributed by atoms with Gasteiger partial charge in [0.05, 0.1) is 0 Å². The van der Waals surface area contributed by atoms with Gasteiger partial charge in [0.25, 0.3) is 20.2 Å². The lowest BCUT2D eigenvalue weighted by Crippen LogP contribution is -2.02. The van der Waals surface area contributed by atoms with Crippen molar-refractivity contribution in [1.29, 1.82) is 0 Å². The molecule has 0 unspecified atom stereocenters. The molecule has 0 aliphatic carbocycles. The third kappa shape index (κ3) is 2.54. The molecule has 0 atom stereocenters. The van der Waals surface area contributed by atoms with Gasteiger partial charge in [0.2, 0.25) is 0 Å². The lowest BCUT2D eigenvalue weighted by atomic mass is 10.1. The van der Waals surface area contributed by atoms with Gasteiger partial charge >= 0.3 is 0 Å². The van der Waals surface area contributed by atoms with E-state index in [1.165, 1.54) is 12.1 Å². The number of rotatable bonds is 2. The standard InChI is InChI=1S/C10H7O7S2/c11-6-4-8-7(10(5-6)19(15,16)17)2-1-3-9(8)18(12,13)14/h1-5H,(H,12,13,14)(H,15,16,17). The predicted molar refractivity (Wildman–Crippen MR) is 63.7 cm³/mol. The molecule has 0 spiro atoms. The molecule has 0 aliphatic heterocycles. The van der Waals surface area contributed by atoms with Gasteiger partial charge in [0, 0.05) is 16.8 Å². The van der Waals surface area contributed by atoms with Crippen LogP contribution in [0.4, 0.5) is 0 Å². The summed E-state index contributed by atoms with van der Waals surface area (Å²) in [6.45, 7) is 0. The Kier molecular flexibility index (Phi) is 3.01. The van der Waals surface area contributed by atoms with Gasteiger partial charge in [-0.3, -0.25) is 14.2 Å². The van der Waals surface area contributed by atoms with E-state index in [-0.39, 0.29) is 10.8 Å². The molecule has 19 heavy (non-hydrogen) atoms. The fraction of sp³-hybridized carbons (Fsp3) is 0. The molecule has 2 aromatic carbocycles. The van der Waals surface area contributed by atoms with Crippen molar-refractivity contribution in [3.05, 3.63) is 30.3 Å². The average Bonchev–Trinajstić information content (AvgIpc) is 2.24. The summed E-state index contributed by atoms with van der Waals surface area (Å²) in [6, 6.07) is 4.96. The zero-order valence-electron chi connectivity index (χ0n) is 9.14. The van der Waals surface area contributed by atoms with Crippen molar-refractivity contribution in [2.45, 2.75) is 9.79 Å². The van der Waals surface area contributed by atoms with Crippen molar-refractivity contribution < 1.29 is 31.0 Å². The summed E-state index contributed by atoms with van der Waals surface area (Å²) in [7, 11) is -9.31. The fourth-order valence-corrected chi connectivity index (χ4v) is 3.16. The van der Waals surface area contributed by atoms with Crippen molar-refractivity contribution >= 4 is 31.0 Å². The lowest BCUT2D eigenvalue weighted by molar-refractivity contribution is 0.354. The van der Waals surface area contributed by atoms with Gasteiger partial charge < -0.3 is 0 Å². The van der Waals surface area contributed by atoms with Gasteiger partial charge in [-0.1, -0.05) is 12.1 Å². The molecule has 7 nitrogen and oxygen atoms in total. The van der Waals surface area contributed by atoms with E-state index in [4.69, 9.17) is 9.11 Å². The van der Waals surface area contributed by atoms with Crippen LogP contribution in [-0.4, -0.2) is 25.9 Å². The van der Waals surface area contributed by atoms with Gasteiger partial charge in [0.15, 0.2) is 5.75 Å². The highest BCUT2D eigenvalue weighted by atomic mass is 32.2. The molecule has 0 aromatic heterocycles. The minimum Gasteiger partial charge on any atom is -0.290 e. The molecule has 0 amide bonds. The van der Waals surface area contributed by atoms with Crippen LogP contribution in [0.2, 0.25) is 0 Å². The van der Waals surface area contributed by atoms with E-state index in [1.54, 1.807) is 0 Å². The number of benzene rings is 2. The van der Waals surface area contributed by atoms with E-state index in [9.17, 15) is 21.9 Å². The highest BCUT2D eigenvalue weighted by Gasteiger charge is 2.21. The van der Waals surface area contributed by atoms with Gasteiger partial charge in [-0.15, -0.1) is 0 Å². The molecule has 2 N–H and O–H groups in total. The van der Waals surface area contributed by atoms with Crippen molar-refractivity contribution in [1.82, 2.24) is 0 Å². The molecular weight excluding hydrogens is 296 g/mol. The molecule has 0 fully saturated rings. The molecule has 2 aromatic rings. The Hall–Kier alpha value is -1.68. The Bertz CT molecular complexity index is 866. The van der Waals surface area contributed by atoms with Crippen LogP contribution in [0.3, 0.4) is 0 Å². The second-order valence-corrected chi connectivity index (χ2v) is 6.50. The smallest absolute Gasteiger partial charge is 0.290 e. The number of hydrogen-bond acceptors (Lipinski definition) is 4. The summed E-state index contributed by atoms with van der Waals surface area (Å²) in [4.78, 5) is -1.31. The maximum Gasteiger partial charge on any atom is 0.295 e. The third-order valence-electron chi connectivity index (χ3n) is 2.45. The molecule has 0 saturated carbocycles.